The van der Waals surface area contributed by atoms with E-state index in [4.69, 9.17) is 0 Å². The molecule has 0 saturated heterocycles. The van der Waals surface area contributed by atoms with Gasteiger partial charge < -0.3 is 5.32 Å². The molecule has 0 bridgehead atoms. The fourth-order valence-electron chi connectivity index (χ4n) is 3.02. The van der Waals surface area contributed by atoms with Crippen molar-refractivity contribution >= 4 is 23.4 Å². The van der Waals surface area contributed by atoms with Crippen molar-refractivity contribution in [2.45, 2.75) is 32.0 Å². The zero-order valence-corrected chi connectivity index (χ0v) is 18.5. The summed E-state index contributed by atoms with van der Waals surface area (Å²) < 4.78 is 41.0. The second kappa shape index (κ2) is 9.45. The van der Waals surface area contributed by atoms with Gasteiger partial charge in [-0.15, -0.1) is 0 Å². The summed E-state index contributed by atoms with van der Waals surface area (Å²) >= 11 is 0.806. The van der Waals surface area contributed by atoms with Crippen LogP contribution in [0.15, 0.2) is 53.6 Å². The van der Waals surface area contributed by atoms with E-state index in [2.05, 4.69) is 10.3 Å². The lowest BCUT2D eigenvalue weighted by atomic mass is 10.0. The predicted octanol–water partition coefficient (Wildman–Crippen LogP) is 6.30. The number of anilines is 1. The van der Waals surface area contributed by atoms with Crippen molar-refractivity contribution in [1.82, 2.24) is 4.98 Å². The van der Waals surface area contributed by atoms with Crippen LogP contribution in [-0.2, 0) is 11.0 Å². The Morgan fingerprint density at radius 1 is 1.06 bits per heavy atom. The molecule has 164 valence electrons. The van der Waals surface area contributed by atoms with Crippen molar-refractivity contribution in [3.05, 3.63) is 76.3 Å². The second-order valence-electron chi connectivity index (χ2n) is 7.37. The zero-order chi connectivity index (χ0) is 23.5. The molecule has 4 nitrogen and oxygen atoms in total. The number of aromatic nitrogens is 1. The van der Waals surface area contributed by atoms with E-state index in [1.165, 1.54) is 0 Å². The first-order valence-corrected chi connectivity index (χ1v) is 10.7. The van der Waals surface area contributed by atoms with Crippen LogP contribution >= 0.6 is 11.8 Å². The van der Waals surface area contributed by atoms with Gasteiger partial charge in [-0.3, -0.25) is 4.79 Å². The summed E-state index contributed by atoms with van der Waals surface area (Å²) in [6.45, 7) is 5.60. The number of carbonyl (C=O) groups is 1. The van der Waals surface area contributed by atoms with E-state index in [1.54, 1.807) is 30.3 Å². The average Bonchev–Trinajstić information content (AvgIpc) is 2.74. The molecule has 0 fully saturated rings. The lowest BCUT2D eigenvalue weighted by Gasteiger charge is -2.14. The maximum absolute atomic E-state index is 13.7. The Morgan fingerprint density at radius 3 is 2.34 bits per heavy atom. The fraction of sp³-hybridized carbons (Fsp3) is 0.208. The lowest BCUT2D eigenvalue weighted by Crippen LogP contribution is -2.16. The van der Waals surface area contributed by atoms with E-state index < -0.39 is 23.2 Å². The summed E-state index contributed by atoms with van der Waals surface area (Å²) in [5, 5.41) is 12.1. The highest BCUT2D eigenvalue weighted by molar-refractivity contribution is 8.00. The van der Waals surface area contributed by atoms with Gasteiger partial charge in [-0.25, -0.2) is 4.98 Å². The highest BCUT2D eigenvalue weighted by atomic mass is 32.2. The van der Waals surface area contributed by atoms with Crippen molar-refractivity contribution in [3.63, 3.8) is 0 Å². The lowest BCUT2D eigenvalue weighted by molar-refractivity contribution is -0.138. The minimum Gasteiger partial charge on any atom is -0.325 e. The smallest absolute Gasteiger partial charge is 0.325 e. The first-order chi connectivity index (χ1) is 15.1. The van der Waals surface area contributed by atoms with Gasteiger partial charge in [-0.05, 0) is 44.0 Å². The standard InChI is InChI=1S/C24H20F3N3OS/c1-14-5-8-17(9-6-14)21-11-19(24(25,26)27)18(12-28)23(30-21)32-13-22(31)29-20-10-15(2)4-7-16(20)3/h4-11H,13H2,1-3H3,(H,29,31). The summed E-state index contributed by atoms with van der Waals surface area (Å²) in [5.74, 6) is -0.590. The highest BCUT2D eigenvalue weighted by Gasteiger charge is 2.36. The Hall–Kier alpha value is -3.31. The van der Waals surface area contributed by atoms with E-state index in [-0.39, 0.29) is 16.5 Å². The molecule has 2 aromatic carbocycles. The third-order valence-corrected chi connectivity index (χ3v) is 5.73. The largest absolute Gasteiger partial charge is 0.417 e. The number of benzene rings is 2. The van der Waals surface area contributed by atoms with Crippen LogP contribution in [0.25, 0.3) is 11.3 Å². The van der Waals surface area contributed by atoms with Gasteiger partial charge in [0.25, 0.3) is 0 Å². The molecule has 3 aromatic rings. The molecule has 0 saturated carbocycles. The average molecular weight is 456 g/mol. The summed E-state index contributed by atoms with van der Waals surface area (Å²) in [6.07, 6.45) is -4.73. The molecule has 0 atom stereocenters. The first-order valence-electron chi connectivity index (χ1n) is 9.67. The molecule has 0 aliphatic heterocycles. The van der Waals surface area contributed by atoms with Gasteiger partial charge in [-0.1, -0.05) is 53.7 Å². The molecular formula is C24H20F3N3OS. The fourth-order valence-corrected chi connectivity index (χ4v) is 3.82. The SMILES string of the molecule is Cc1ccc(-c2cc(C(F)(F)F)c(C#N)c(SCC(=O)Nc3cc(C)ccc3C)n2)cc1. The van der Waals surface area contributed by atoms with Crippen LogP contribution in [0.5, 0.6) is 0 Å². The van der Waals surface area contributed by atoms with Crippen LogP contribution < -0.4 is 5.32 Å². The van der Waals surface area contributed by atoms with E-state index in [0.717, 1.165) is 34.5 Å². The number of hydrogen-bond donors (Lipinski definition) is 1. The van der Waals surface area contributed by atoms with Gasteiger partial charge in [0.2, 0.25) is 5.91 Å². The van der Waals surface area contributed by atoms with Crippen molar-refractivity contribution < 1.29 is 18.0 Å². The number of alkyl halides is 3. The van der Waals surface area contributed by atoms with Gasteiger partial charge in [0.05, 0.1) is 22.6 Å². The number of carbonyl (C=O) groups excluding carboxylic acids is 1. The van der Waals surface area contributed by atoms with E-state index in [9.17, 15) is 23.2 Å². The third-order valence-electron chi connectivity index (χ3n) is 4.76. The molecule has 0 radical (unpaired) electrons. The third kappa shape index (κ3) is 5.48. The number of rotatable bonds is 5. The maximum atomic E-state index is 13.7. The summed E-state index contributed by atoms with van der Waals surface area (Å²) in [7, 11) is 0. The van der Waals surface area contributed by atoms with Crippen LogP contribution in [0.4, 0.5) is 18.9 Å². The number of nitrogens with zero attached hydrogens (tertiary/aromatic N) is 2. The van der Waals surface area contributed by atoms with Gasteiger partial charge in [0.1, 0.15) is 11.1 Å². The molecule has 1 aromatic heterocycles. The molecule has 3 rings (SSSR count). The minimum atomic E-state index is -4.73. The molecule has 1 N–H and O–H groups in total. The Kier molecular flexibility index (Phi) is 6.90. The van der Waals surface area contributed by atoms with Crippen LogP contribution in [0, 0.1) is 32.1 Å². The molecule has 8 heteroatoms. The van der Waals surface area contributed by atoms with E-state index in [0.29, 0.717) is 11.3 Å². The molecule has 32 heavy (non-hydrogen) atoms. The molecule has 0 unspecified atom stereocenters. The monoisotopic (exact) mass is 455 g/mol. The topological polar surface area (TPSA) is 65.8 Å². The zero-order valence-electron chi connectivity index (χ0n) is 17.7. The molecule has 0 spiro atoms. The Bertz CT molecular complexity index is 1200. The number of pyridine rings is 1. The quantitative estimate of drug-likeness (QED) is 0.459. The molecule has 0 aliphatic rings. The van der Waals surface area contributed by atoms with Crippen LogP contribution in [0.1, 0.15) is 27.8 Å². The Balaban J connectivity index is 1.93. The number of amides is 1. The van der Waals surface area contributed by atoms with Crippen molar-refractivity contribution in [1.29, 1.82) is 5.26 Å². The number of thioether (sulfide) groups is 1. The number of nitrogens with one attached hydrogen (secondary N) is 1. The number of hydrogen-bond acceptors (Lipinski definition) is 4. The van der Waals surface area contributed by atoms with Crippen molar-refractivity contribution in [2.75, 3.05) is 11.1 Å². The number of aryl methyl sites for hydroxylation is 3. The van der Waals surface area contributed by atoms with Crippen LogP contribution in [0.2, 0.25) is 0 Å². The van der Waals surface area contributed by atoms with Gasteiger partial charge in [0, 0.05) is 11.3 Å². The summed E-state index contributed by atoms with van der Waals surface area (Å²) in [6, 6.07) is 15.0. The molecule has 1 amide bonds. The summed E-state index contributed by atoms with van der Waals surface area (Å²) in [4.78, 5) is 16.7. The van der Waals surface area contributed by atoms with Crippen molar-refractivity contribution in [2.24, 2.45) is 0 Å². The second-order valence-corrected chi connectivity index (χ2v) is 8.33. The Morgan fingerprint density at radius 2 is 1.72 bits per heavy atom. The maximum Gasteiger partial charge on any atom is 0.417 e. The Labute approximate surface area is 188 Å². The molecular weight excluding hydrogens is 435 g/mol. The van der Waals surface area contributed by atoms with E-state index in [1.807, 2.05) is 39.0 Å². The first kappa shape index (κ1) is 23.4. The van der Waals surface area contributed by atoms with Gasteiger partial charge in [-0.2, -0.15) is 18.4 Å². The van der Waals surface area contributed by atoms with Gasteiger partial charge >= 0.3 is 6.18 Å². The van der Waals surface area contributed by atoms with Crippen molar-refractivity contribution in [3.8, 4) is 17.3 Å². The van der Waals surface area contributed by atoms with E-state index >= 15 is 0 Å². The summed E-state index contributed by atoms with van der Waals surface area (Å²) in [5.41, 5.74) is 2.35. The number of halogens is 3. The predicted molar refractivity (Wildman–Crippen MR) is 119 cm³/mol. The number of nitriles is 1. The highest BCUT2D eigenvalue weighted by Crippen LogP contribution is 2.38. The molecule has 0 aliphatic carbocycles. The van der Waals surface area contributed by atoms with Crippen LogP contribution in [-0.4, -0.2) is 16.6 Å². The molecule has 1 heterocycles. The van der Waals surface area contributed by atoms with Gasteiger partial charge in [0.15, 0.2) is 0 Å². The normalized spacial score (nSPS) is 11.2. The van der Waals surface area contributed by atoms with Crippen LogP contribution in [0.3, 0.4) is 0 Å². The minimum absolute atomic E-state index is 0.0914.